The van der Waals surface area contributed by atoms with Crippen LogP contribution in [0.25, 0.3) is 0 Å². The summed E-state index contributed by atoms with van der Waals surface area (Å²) < 4.78 is 5.33. The van der Waals surface area contributed by atoms with Crippen LogP contribution in [-0.2, 0) is 13.0 Å². The molecule has 2 amide bonds. The third-order valence-electron chi connectivity index (χ3n) is 3.80. The molecule has 2 aromatic rings. The number of urea groups is 1. The highest BCUT2D eigenvalue weighted by atomic mass is 16.5. The Morgan fingerprint density at radius 1 is 1.21 bits per heavy atom. The largest absolute Gasteiger partial charge is 0.496 e. The Morgan fingerprint density at radius 2 is 2.00 bits per heavy atom. The van der Waals surface area contributed by atoms with Gasteiger partial charge >= 0.3 is 6.03 Å². The van der Waals surface area contributed by atoms with Crippen LogP contribution in [0.3, 0.4) is 0 Å². The van der Waals surface area contributed by atoms with Crippen molar-refractivity contribution in [2.45, 2.75) is 19.9 Å². The minimum absolute atomic E-state index is 0.0996. The molecule has 0 heterocycles. The first-order valence-electron chi connectivity index (χ1n) is 8.05. The molecule has 128 valence electrons. The lowest BCUT2D eigenvalue weighted by Crippen LogP contribution is -2.36. The van der Waals surface area contributed by atoms with Gasteiger partial charge in [0.1, 0.15) is 5.75 Å². The van der Waals surface area contributed by atoms with E-state index in [0.717, 1.165) is 29.0 Å². The second-order valence-electron chi connectivity index (χ2n) is 5.44. The number of anilines is 1. The number of amides is 2. The standard InChI is InChI=1S/C19H24N2O3/c1-3-15-7-6-9-17(13-15)20-19(23)21(11-12-22)14-16-8-4-5-10-18(16)24-2/h4-10,13,22H,3,11-12,14H2,1-2H3,(H,20,23). The second kappa shape index (κ2) is 8.93. The van der Waals surface area contributed by atoms with Crippen molar-refractivity contribution in [2.75, 3.05) is 25.6 Å². The number of rotatable bonds is 7. The Kier molecular flexibility index (Phi) is 6.63. The fourth-order valence-corrected chi connectivity index (χ4v) is 2.48. The van der Waals surface area contributed by atoms with E-state index in [9.17, 15) is 9.90 Å². The van der Waals surface area contributed by atoms with Gasteiger partial charge in [0.25, 0.3) is 0 Å². The van der Waals surface area contributed by atoms with Gasteiger partial charge < -0.3 is 20.1 Å². The minimum atomic E-state index is -0.247. The van der Waals surface area contributed by atoms with Gasteiger partial charge in [0.2, 0.25) is 0 Å². The van der Waals surface area contributed by atoms with E-state index in [1.165, 1.54) is 0 Å². The number of para-hydroxylation sites is 1. The molecule has 24 heavy (non-hydrogen) atoms. The number of benzene rings is 2. The van der Waals surface area contributed by atoms with E-state index in [1.54, 1.807) is 12.0 Å². The van der Waals surface area contributed by atoms with Crippen molar-refractivity contribution in [1.29, 1.82) is 0 Å². The molecule has 0 radical (unpaired) electrons. The van der Waals surface area contributed by atoms with Gasteiger partial charge in [-0.2, -0.15) is 0 Å². The summed E-state index contributed by atoms with van der Waals surface area (Å²) in [4.78, 5) is 14.1. The Labute approximate surface area is 142 Å². The molecular weight excluding hydrogens is 304 g/mol. The normalized spacial score (nSPS) is 10.3. The first-order chi connectivity index (χ1) is 11.7. The van der Waals surface area contributed by atoms with Crippen molar-refractivity contribution in [2.24, 2.45) is 0 Å². The third kappa shape index (κ3) is 4.73. The zero-order valence-corrected chi connectivity index (χ0v) is 14.2. The molecule has 5 nitrogen and oxygen atoms in total. The fourth-order valence-electron chi connectivity index (χ4n) is 2.48. The van der Waals surface area contributed by atoms with Crippen LogP contribution in [0.1, 0.15) is 18.1 Å². The SMILES string of the molecule is CCc1cccc(NC(=O)N(CCO)Cc2ccccc2OC)c1. The molecule has 0 saturated carbocycles. The maximum Gasteiger partial charge on any atom is 0.322 e. The molecule has 0 aliphatic heterocycles. The number of ether oxygens (including phenoxy) is 1. The summed E-state index contributed by atoms with van der Waals surface area (Å²) in [6.45, 7) is 2.58. The third-order valence-corrected chi connectivity index (χ3v) is 3.80. The predicted octanol–water partition coefficient (Wildman–Crippen LogP) is 3.28. The molecule has 2 N–H and O–H groups in total. The Morgan fingerprint density at radius 3 is 2.71 bits per heavy atom. The molecule has 0 fully saturated rings. The van der Waals surface area contributed by atoms with Crippen molar-refractivity contribution in [3.63, 3.8) is 0 Å². The van der Waals surface area contributed by atoms with Crippen LogP contribution < -0.4 is 10.1 Å². The average Bonchev–Trinajstić information content (AvgIpc) is 2.62. The van der Waals surface area contributed by atoms with Gasteiger partial charge in [-0.15, -0.1) is 0 Å². The maximum absolute atomic E-state index is 12.6. The number of hydrogen-bond donors (Lipinski definition) is 2. The van der Waals surface area contributed by atoms with Gasteiger partial charge in [-0.3, -0.25) is 0 Å². The topological polar surface area (TPSA) is 61.8 Å². The smallest absolute Gasteiger partial charge is 0.322 e. The zero-order chi connectivity index (χ0) is 17.4. The van der Waals surface area contributed by atoms with E-state index >= 15 is 0 Å². The fraction of sp³-hybridized carbons (Fsp3) is 0.316. The average molecular weight is 328 g/mol. The summed E-state index contributed by atoms with van der Waals surface area (Å²) in [5.74, 6) is 0.723. The number of aryl methyl sites for hydroxylation is 1. The minimum Gasteiger partial charge on any atom is -0.496 e. The Bertz CT molecular complexity index is 673. The number of nitrogens with one attached hydrogen (secondary N) is 1. The van der Waals surface area contributed by atoms with Crippen LogP contribution in [0.5, 0.6) is 5.75 Å². The molecule has 0 bridgehead atoms. The van der Waals surface area contributed by atoms with Crippen molar-refractivity contribution >= 4 is 11.7 Å². The highest BCUT2D eigenvalue weighted by molar-refractivity contribution is 5.89. The number of methoxy groups -OCH3 is 1. The molecule has 5 heteroatoms. The van der Waals surface area contributed by atoms with E-state index in [4.69, 9.17) is 4.74 Å². The van der Waals surface area contributed by atoms with E-state index in [-0.39, 0.29) is 19.2 Å². The summed E-state index contributed by atoms with van der Waals surface area (Å²) >= 11 is 0. The summed E-state index contributed by atoms with van der Waals surface area (Å²) in [6.07, 6.45) is 0.908. The van der Waals surface area contributed by atoms with Gasteiger partial charge in [0.15, 0.2) is 0 Å². The summed E-state index contributed by atoms with van der Waals surface area (Å²) in [5, 5.41) is 12.2. The molecule has 0 aromatic heterocycles. The summed E-state index contributed by atoms with van der Waals surface area (Å²) in [6, 6.07) is 15.1. The monoisotopic (exact) mass is 328 g/mol. The van der Waals surface area contributed by atoms with Crippen molar-refractivity contribution in [3.05, 3.63) is 59.7 Å². The predicted molar refractivity (Wildman–Crippen MR) is 95.3 cm³/mol. The molecule has 0 atom stereocenters. The van der Waals surface area contributed by atoms with Crippen LogP contribution in [-0.4, -0.2) is 36.3 Å². The molecule has 2 aromatic carbocycles. The molecule has 0 unspecified atom stereocenters. The van der Waals surface area contributed by atoms with Gasteiger partial charge in [0.05, 0.1) is 20.3 Å². The Balaban J connectivity index is 2.12. The number of aliphatic hydroxyl groups is 1. The van der Waals surface area contributed by atoms with Crippen molar-refractivity contribution < 1.29 is 14.6 Å². The molecule has 0 spiro atoms. The number of carbonyl (C=O) groups is 1. The lowest BCUT2D eigenvalue weighted by molar-refractivity contribution is 0.184. The first-order valence-corrected chi connectivity index (χ1v) is 8.05. The first kappa shape index (κ1) is 17.8. The van der Waals surface area contributed by atoms with E-state index in [2.05, 4.69) is 12.2 Å². The lowest BCUT2D eigenvalue weighted by atomic mass is 10.1. The highest BCUT2D eigenvalue weighted by Gasteiger charge is 2.15. The van der Waals surface area contributed by atoms with Gasteiger partial charge in [-0.1, -0.05) is 37.3 Å². The van der Waals surface area contributed by atoms with E-state index in [0.29, 0.717) is 6.54 Å². The Hall–Kier alpha value is -2.53. The zero-order valence-electron chi connectivity index (χ0n) is 14.2. The molecule has 2 rings (SSSR count). The van der Waals surface area contributed by atoms with Crippen LogP contribution in [0.2, 0.25) is 0 Å². The maximum atomic E-state index is 12.6. The van der Waals surface area contributed by atoms with Crippen LogP contribution in [0, 0.1) is 0 Å². The number of aliphatic hydroxyl groups excluding tert-OH is 1. The van der Waals surface area contributed by atoms with Gasteiger partial charge in [-0.05, 0) is 30.2 Å². The molecule has 0 aliphatic carbocycles. The van der Waals surface area contributed by atoms with E-state index < -0.39 is 0 Å². The van der Waals surface area contributed by atoms with Crippen LogP contribution in [0.4, 0.5) is 10.5 Å². The summed E-state index contributed by atoms with van der Waals surface area (Å²) in [7, 11) is 1.60. The molecule has 0 saturated heterocycles. The van der Waals surface area contributed by atoms with Crippen LogP contribution >= 0.6 is 0 Å². The van der Waals surface area contributed by atoms with Crippen molar-refractivity contribution in [3.8, 4) is 5.75 Å². The molecular formula is C19H24N2O3. The van der Waals surface area contributed by atoms with E-state index in [1.807, 2.05) is 48.5 Å². The van der Waals surface area contributed by atoms with Crippen molar-refractivity contribution in [1.82, 2.24) is 4.90 Å². The molecule has 0 aliphatic rings. The number of carbonyl (C=O) groups excluding carboxylic acids is 1. The lowest BCUT2D eigenvalue weighted by Gasteiger charge is -2.23. The van der Waals surface area contributed by atoms with Gasteiger partial charge in [0, 0.05) is 17.8 Å². The highest BCUT2D eigenvalue weighted by Crippen LogP contribution is 2.20. The number of nitrogens with zero attached hydrogens (tertiary/aromatic N) is 1. The number of hydrogen-bond acceptors (Lipinski definition) is 3. The van der Waals surface area contributed by atoms with Crippen LogP contribution in [0.15, 0.2) is 48.5 Å². The summed E-state index contributed by atoms with van der Waals surface area (Å²) in [5.41, 5.74) is 2.81. The van der Waals surface area contributed by atoms with Gasteiger partial charge in [-0.25, -0.2) is 4.79 Å². The quantitative estimate of drug-likeness (QED) is 0.820. The second-order valence-corrected chi connectivity index (χ2v) is 5.44.